The maximum Gasteiger partial charge on any atom is 0.416 e. The largest absolute Gasteiger partial charge is 0.490 e. The van der Waals surface area contributed by atoms with Gasteiger partial charge in [-0.15, -0.1) is 0 Å². The standard InChI is InChI=1S/C20H26BrF3N2O4/c1-18(2,3)30-17(28)26-10-13(9-19(26,4)11-27)25-5-6-29-15-8-12(20(22,23)24)7-14(21)16(15)25/h7-8,13,27H,5-6,9-11H2,1-4H3/t13-,19-/m0/s1. The molecule has 1 aromatic carbocycles. The number of fused-ring (bicyclic) bond motifs is 1. The van der Waals surface area contributed by atoms with Gasteiger partial charge < -0.3 is 19.5 Å². The summed E-state index contributed by atoms with van der Waals surface area (Å²) in [6, 6.07) is 1.81. The van der Waals surface area contributed by atoms with E-state index in [1.807, 2.05) is 4.90 Å². The molecule has 168 valence electrons. The van der Waals surface area contributed by atoms with Crippen LogP contribution in [0.5, 0.6) is 5.75 Å². The number of aliphatic hydroxyl groups excluding tert-OH is 1. The molecule has 1 saturated heterocycles. The third kappa shape index (κ3) is 4.49. The van der Waals surface area contributed by atoms with E-state index in [0.29, 0.717) is 18.7 Å². The van der Waals surface area contributed by atoms with Gasteiger partial charge in [-0.3, -0.25) is 4.90 Å². The monoisotopic (exact) mass is 494 g/mol. The molecule has 10 heteroatoms. The van der Waals surface area contributed by atoms with Crippen molar-refractivity contribution in [2.45, 2.75) is 57.5 Å². The molecule has 0 aromatic heterocycles. The van der Waals surface area contributed by atoms with Crippen LogP contribution in [0.1, 0.15) is 39.7 Å². The molecule has 0 saturated carbocycles. The second-order valence-electron chi connectivity index (χ2n) is 8.95. The Kier molecular flexibility index (Phi) is 5.96. The minimum absolute atomic E-state index is 0.143. The lowest BCUT2D eigenvalue weighted by atomic mass is 9.97. The van der Waals surface area contributed by atoms with Gasteiger partial charge in [0.05, 0.1) is 29.9 Å². The number of carbonyl (C=O) groups is 1. The molecule has 2 heterocycles. The van der Waals surface area contributed by atoms with Crippen molar-refractivity contribution in [2.24, 2.45) is 0 Å². The molecule has 1 N–H and O–H groups in total. The van der Waals surface area contributed by atoms with Crippen molar-refractivity contribution in [3.63, 3.8) is 0 Å². The fraction of sp³-hybridized carbons (Fsp3) is 0.650. The number of aliphatic hydroxyl groups is 1. The summed E-state index contributed by atoms with van der Waals surface area (Å²) >= 11 is 3.27. The summed E-state index contributed by atoms with van der Waals surface area (Å²) in [7, 11) is 0. The summed E-state index contributed by atoms with van der Waals surface area (Å²) in [6.07, 6.45) is -4.57. The highest BCUT2D eigenvalue weighted by Crippen LogP contribution is 2.46. The van der Waals surface area contributed by atoms with Gasteiger partial charge in [-0.1, -0.05) is 0 Å². The highest BCUT2D eigenvalue weighted by molar-refractivity contribution is 9.10. The highest BCUT2D eigenvalue weighted by Gasteiger charge is 2.48. The van der Waals surface area contributed by atoms with Crippen LogP contribution in [0, 0.1) is 0 Å². The molecule has 1 aromatic rings. The van der Waals surface area contributed by atoms with Gasteiger partial charge in [-0.25, -0.2) is 4.79 Å². The van der Waals surface area contributed by atoms with E-state index in [4.69, 9.17) is 9.47 Å². The smallest absolute Gasteiger partial charge is 0.416 e. The van der Waals surface area contributed by atoms with Gasteiger partial charge in [-0.2, -0.15) is 13.2 Å². The first kappa shape index (κ1) is 23.0. The predicted octanol–water partition coefficient (Wildman–Crippen LogP) is 4.43. The number of amides is 1. The average Bonchev–Trinajstić information content (AvgIpc) is 2.97. The number of likely N-dealkylation sites (tertiary alicyclic amines) is 1. The molecular weight excluding hydrogens is 469 g/mol. The van der Waals surface area contributed by atoms with Gasteiger partial charge in [0.25, 0.3) is 0 Å². The maximum atomic E-state index is 13.2. The fourth-order valence-electron chi connectivity index (χ4n) is 3.94. The summed E-state index contributed by atoms with van der Waals surface area (Å²) in [6.45, 7) is 7.77. The SMILES string of the molecule is CC(C)(C)OC(=O)N1C[C@@H](N2CCOc3cc(C(F)(F)F)cc(Br)c32)C[C@@]1(C)CO. The van der Waals surface area contributed by atoms with Gasteiger partial charge in [0.2, 0.25) is 0 Å². The molecule has 3 rings (SSSR count). The second kappa shape index (κ2) is 7.78. The maximum absolute atomic E-state index is 13.2. The van der Waals surface area contributed by atoms with Crippen molar-refractivity contribution in [1.82, 2.24) is 4.90 Å². The number of ether oxygens (including phenoxy) is 2. The number of benzene rings is 1. The van der Waals surface area contributed by atoms with Crippen LogP contribution in [-0.4, -0.2) is 59.6 Å². The zero-order chi connectivity index (χ0) is 22.5. The first-order valence-electron chi connectivity index (χ1n) is 9.67. The van der Waals surface area contributed by atoms with E-state index in [-0.39, 0.29) is 36.0 Å². The van der Waals surface area contributed by atoms with Crippen LogP contribution in [-0.2, 0) is 10.9 Å². The Balaban J connectivity index is 1.92. The molecule has 2 aliphatic heterocycles. The molecule has 0 unspecified atom stereocenters. The lowest BCUT2D eigenvalue weighted by Gasteiger charge is -2.37. The van der Waals surface area contributed by atoms with Crippen molar-refractivity contribution in [1.29, 1.82) is 0 Å². The Bertz CT molecular complexity index is 827. The topological polar surface area (TPSA) is 62.2 Å². The molecule has 2 aliphatic rings. The molecule has 6 nitrogen and oxygen atoms in total. The number of carbonyl (C=O) groups excluding carboxylic acids is 1. The van der Waals surface area contributed by atoms with E-state index >= 15 is 0 Å². The van der Waals surface area contributed by atoms with Crippen LogP contribution >= 0.6 is 15.9 Å². The average molecular weight is 495 g/mol. The number of rotatable bonds is 2. The first-order valence-corrected chi connectivity index (χ1v) is 10.5. The van der Waals surface area contributed by atoms with Crippen molar-refractivity contribution < 1.29 is 32.5 Å². The van der Waals surface area contributed by atoms with Crippen LogP contribution in [0.15, 0.2) is 16.6 Å². The zero-order valence-corrected chi connectivity index (χ0v) is 18.9. The number of anilines is 1. The van der Waals surface area contributed by atoms with Crippen LogP contribution < -0.4 is 9.64 Å². The Morgan fingerprint density at radius 3 is 2.60 bits per heavy atom. The van der Waals surface area contributed by atoms with E-state index < -0.39 is 29.0 Å². The Labute approximate surface area is 182 Å². The Morgan fingerprint density at radius 2 is 2.03 bits per heavy atom. The van der Waals surface area contributed by atoms with E-state index in [1.165, 1.54) is 4.90 Å². The molecule has 2 atom stereocenters. The normalized spacial score (nSPS) is 24.5. The number of halogens is 4. The third-order valence-electron chi connectivity index (χ3n) is 5.35. The predicted molar refractivity (Wildman–Crippen MR) is 109 cm³/mol. The molecular formula is C20H26BrF3N2O4. The van der Waals surface area contributed by atoms with Crippen molar-refractivity contribution >= 4 is 27.7 Å². The summed E-state index contributed by atoms with van der Waals surface area (Å²) < 4.78 is 50.8. The van der Waals surface area contributed by atoms with Crippen LogP contribution in [0.4, 0.5) is 23.7 Å². The summed E-state index contributed by atoms with van der Waals surface area (Å²) in [5.41, 5.74) is -1.81. The Morgan fingerprint density at radius 1 is 1.37 bits per heavy atom. The lowest BCUT2D eigenvalue weighted by Crippen LogP contribution is -2.49. The van der Waals surface area contributed by atoms with Crippen molar-refractivity contribution in [2.75, 3.05) is 31.2 Å². The van der Waals surface area contributed by atoms with Gasteiger partial charge in [0.1, 0.15) is 18.0 Å². The van der Waals surface area contributed by atoms with Crippen molar-refractivity contribution in [3.05, 3.63) is 22.2 Å². The second-order valence-corrected chi connectivity index (χ2v) is 9.80. The van der Waals surface area contributed by atoms with Gasteiger partial charge in [-0.05, 0) is 62.2 Å². The molecule has 0 radical (unpaired) electrons. The summed E-state index contributed by atoms with van der Waals surface area (Å²) in [4.78, 5) is 16.2. The summed E-state index contributed by atoms with van der Waals surface area (Å²) in [5, 5.41) is 10.0. The number of hydrogen-bond donors (Lipinski definition) is 1. The molecule has 0 bridgehead atoms. The minimum atomic E-state index is -4.49. The molecule has 0 spiro atoms. The lowest BCUT2D eigenvalue weighted by molar-refractivity contribution is -0.137. The summed E-state index contributed by atoms with van der Waals surface area (Å²) in [5.74, 6) is 0.143. The van der Waals surface area contributed by atoms with Crippen molar-refractivity contribution in [3.8, 4) is 5.75 Å². The Hall–Kier alpha value is -1.68. The molecule has 1 amide bonds. The molecule has 1 fully saturated rings. The number of hydrogen-bond acceptors (Lipinski definition) is 5. The van der Waals surface area contributed by atoms with Crippen LogP contribution in [0.25, 0.3) is 0 Å². The number of nitrogens with zero attached hydrogens (tertiary/aromatic N) is 2. The number of alkyl halides is 3. The third-order valence-corrected chi connectivity index (χ3v) is 5.95. The van der Waals surface area contributed by atoms with Crippen LogP contribution in [0.3, 0.4) is 0 Å². The molecule has 0 aliphatic carbocycles. The van der Waals surface area contributed by atoms with E-state index in [0.717, 1.165) is 12.1 Å². The van der Waals surface area contributed by atoms with E-state index in [9.17, 15) is 23.1 Å². The zero-order valence-electron chi connectivity index (χ0n) is 17.3. The van der Waals surface area contributed by atoms with E-state index in [1.54, 1.807) is 27.7 Å². The molecule has 30 heavy (non-hydrogen) atoms. The quantitative estimate of drug-likeness (QED) is 0.658. The fourth-order valence-corrected chi connectivity index (χ4v) is 4.61. The van der Waals surface area contributed by atoms with E-state index in [2.05, 4.69) is 15.9 Å². The van der Waals surface area contributed by atoms with Gasteiger partial charge in [0, 0.05) is 17.1 Å². The van der Waals surface area contributed by atoms with Gasteiger partial charge in [0.15, 0.2) is 0 Å². The minimum Gasteiger partial charge on any atom is -0.490 e. The first-order chi connectivity index (χ1) is 13.7. The van der Waals surface area contributed by atoms with Crippen LogP contribution in [0.2, 0.25) is 0 Å². The highest BCUT2D eigenvalue weighted by atomic mass is 79.9. The van der Waals surface area contributed by atoms with Gasteiger partial charge >= 0.3 is 12.3 Å².